The number of nitrogens with one attached hydrogen (secondary N) is 1. The van der Waals surface area contributed by atoms with E-state index in [0.29, 0.717) is 0 Å². The molecule has 0 radical (unpaired) electrons. The zero-order valence-corrected chi connectivity index (χ0v) is 9.89. The maximum atomic E-state index is 7.06. The zero-order chi connectivity index (χ0) is 12.1. The van der Waals surface area contributed by atoms with Crippen molar-refractivity contribution in [2.75, 3.05) is 7.11 Å². The summed E-state index contributed by atoms with van der Waals surface area (Å²) < 4.78 is 7.39. The number of benzene rings is 1. The minimum absolute atomic E-state index is 0.766. The number of nitrogens with zero attached hydrogens (tertiary/aromatic N) is 1. The van der Waals surface area contributed by atoms with Gasteiger partial charge in [-0.3, -0.25) is 4.57 Å². The smallest absolute Gasteiger partial charge is 0.198 e. The summed E-state index contributed by atoms with van der Waals surface area (Å²) in [6.07, 6.45) is 5.14. The Morgan fingerprint density at radius 3 is 2.71 bits per heavy atom. The molecule has 3 heteroatoms. The Morgan fingerprint density at radius 1 is 1.29 bits per heavy atom. The number of ether oxygens (including phenoxy) is 1. The first-order valence-corrected chi connectivity index (χ1v) is 5.64. The van der Waals surface area contributed by atoms with Gasteiger partial charge in [-0.2, -0.15) is 0 Å². The third-order valence-electron chi connectivity index (χ3n) is 2.66. The van der Waals surface area contributed by atoms with Crippen LogP contribution in [0.2, 0.25) is 0 Å². The summed E-state index contributed by atoms with van der Waals surface area (Å²) >= 11 is 0. The van der Waals surface area contributed by atoms with E-state index in [1.165, 1.54) is 11.8 Å². The van der Waals surface area contributed by atoms with E-state index < -0.39 is 0 Å². The van der Waals surface area contributed by atoms with Gasteiger partial charge in [-0.15, -0.1) is 0 Å². The van der Waals surface area contributed by atoms with Crippen LogP contribution in [0.4, 0.5) is 0 Å². The van der Waals surface area contributed by atoms with E-state index in [-0.39, 0.29) is 0 Å². The van der Waals surface area contributed by atoms with E-state index in [1.54, 1.807) is 7.11 Å². The normalized spacial score (nSPS) is 10.2. The van der Waals surface area contributed by atoms with Crippen LogP contribution in [0.25, 0.3) is 5.69 Å². The number of hydrogen-bond donors (Lipinski definition) is 1. The molecule has 0 saturated heterocycles. The molecule has 0 amide bonds. The molecule has 0 saturated carbocycles. The fraction of sp³-hybridized carbons (Fsp3) is 0.214. The number of hydrogen-bond acceptors (Lipinski definition) is 2. The molecule has 1 heterocycles. The van der Waals surface area contributed by atoms with Gasteiger partial charge in [0.2, 0.25) is 0 Å². The zero-order valence-electron chi connectivity index (χ0n) is 9.89. The third kappa shape index (κ3) is 2.56. The molecule has 1 aromatic heterocycles. The Morgan fingerprint density at radius 2 is 2.06 bits per heavy atom. The lowest BCUT2D eigenvalue weighted by Gasteiger charge is -2.06. The molecular formula is C14H16N2O. The first kappa shape index (κ1) is 11.5. The summed E-state index contributed by atoms with van der Waals surface area (Å²) in [4.78, 5) is 0. The largest absolute Gasteiger partial charge is 0.482 e. The summed E-state index contributed by atoms with van der Waals surface area (Å²) in [7, 11) is 1.68. The predicted molar refractivity (Wildman–Crippen MR) is 69.4 cm³/mol. The topological polar surface area (TPSA) is 38.0 Å². The summed E-state index contributed by atoms with van der Waals surface area (Å²) in [6.45, 7) is 0. The summed E-state index contributed by atoms with van der Waals surface area (Å²) in [5.41, 5.74) is 2.28. The lowest BCUT2D eigenvalue weighted by Crippen LogP contribution is -1.95. The van der Waals surface area contributed by atoms with Gasteiger partial charge in [0.15, 0.2) is 5.88 Å². The monoisotopic (exact) mass is 228 g/mol. The number of para-hydroxylation sites is 1. The Bertz CT molecular complexity index is 488. The van der Waals surface area contributed by atoms with Gasteiger partial charge in [0.25, 0.3) is 0 Å². The molecule has 0 aliphatic carbocycles. The Balaban J connectivity index is 2.33. The molecule has 0 bridgehead atoms. The number of methoxy groups -OCH3 is 1. The van der Waals surface area contributed by atoms with Gasteiger partial charge >= 0.3 is 0 Å². The summed E-state index contributed by atoms with van der Waals surface area (Å²) in [6, 6.07) is 12.1. The van der Waals surface area contributed by atoms with Crippen molar-refractivity contribution in [1.29, 1.82) is 5.41 Å². The van der Waals surface area contributed by atoms with E-state index in [9.17, 15) is 0 Å². The molecule has 0 atom stereocenters. The van der Waals surface area contributed by atoms with Crippen molar-refractivity contribution < 1.29 is 4.74 Å². The molecule has 0 unspecified atom stereocenters. The number of aryl methyl sites for hydroxylation is 1. The highest BCUT2D eigenvalue weighted by molar-refractivity contribution is 5.53. The second-order valence-corrected chi connectivity index (χ2v) is 3.84. The molecule has 0 aliphatic rings. The van der Waals surface area contributed by atoms with E-state index >= 15 is 0 Å². The van der Waals surface area contributed by atoms with Crippen molar-refractivity contribution in [3.05, 3.63) is 48.2 Å². The average molecular weight is 228 g/mol. The minimum Gasteiger partial charge on any atom is -0.482 e. The van der Waals surface area contributed by atoms with E-state index in [1.807, 2.05) is 41.0 Å². The van der Waals surface area contributed by atoms with Crippen LogP contribution in [-0.2, 0) is 6.42 Å². The van der Waals surface area contributed by atoms with Crippen molar-refractivity contribution in [2.24, 2.45) is 0 Å². The fourth-order valence-electron chi connectivity index (χ4n) is 1.82. The Hall–Kier alpha value is -2.03. The maximum absolute atomic E-state index is 7.06. The Kier molecular flexibility index (Phi) is 3.60. The lowest BCUT2D eigenvalue weighted by molar-refractivity contribution is 0.390. The van der Waals surface area contributed by atoms with Crippen molar-refractivity contribution in [3.8, 4) is 11.6 Å². The fourth-order valence-corrected chi connectivity index (χ4v) is 1.82. The first-order valence-electron chi connectivity index (χ1n) is 5.64. The molecular weight excluding hydrogens is 212 g/mol. The predicted octanol–water partition coefficient (Wildman–Crippen LogP) is 3.07. The van der Waals surface area contributed by atoms with Crippen LogP contribution in [0.3, 0.4) is 0 Å². The highest BCUT2D eigenvalue weighted by atomic mass is 16.5. The minimum atomic E-state index is 0.766. The van der Waals surface area contributed by atoms with Crippen molar-refractivity contribution in [2.45, 2.75) is 12.8 Å². The van der Waals surface area contributed by atoms with Crippen LogP contribution in [0.5, 0.6) is 5.88 Å². The molecule has 88 valence electrons. The molecule has 2 rings (SSSR count). The van der Waals surface area contributed by atoms with Crippen LogP contribution in [0.15, 0.2) is 42.6 Å². The standard InChI is InChI=1S/C14H16N2O/c1-17-14-10-12(6-5-9-15)11-16(14)13-7-3-2-4-8-13/h2-4,7-11,15H,5-6H2,1H3. The van der Waals surface area contributed by atoms with Crippen molar-refractivity contribution in [3.63, 3.8) is 0 Å². The molecule has 1 aromatic carbocycles. The van der Waals surface area contributed by atoms with Crippen molar-refractivity contribution >= 4 is 6.21 Å². The molecule has 0 spiro atoms. The summed E-state index contributed by atoms with van der Waals surface area (Å²) in [5.74, 6) is 0.830. The van der Waals surface area contributed by atoms with Gasteiger partial charge in [-0.25, -0.2) is 0 Å². The lowest BCUT2D eigenvalue weighted by atomic mass is 10.2. The quantitative estimate of drug-likeness (QED) is 0.785. The maximum Gasteiger partial charge on any atom is 0.198 e. The van der Waals surface area contributed by atoms with Gasteiger partial charge in [0.05, 0.1) is 7.11 Å². The average Bonchev–Trinajstić information content (AvgIpc) is 2.80. The van der Waals surface area contributed by atoms with Gasteiger partial charge in [-0.05, 0) is 36.8 Å². The van der Waals surface area contributed by atoms with Crippen LogP contribution in [0.1, 0.15) is 12.0 Å². The van der Waals surface area contributed by atoms with E-state index in [0.717, 1.165) is 24.4 Å². The van der Waals surface area contributed by atoms with Crippen molar-refractivity contribution in [1.82, 2.24) is 4.57 Å². The van der Waals surface area contributed by atoms with Crippen LogP contribution in [-0.4, -0.2) is 17.9 Å². The molecule has 0 fully saturated rings. The second-order valence-electron chi connectivity index (χ2n) is 3.84. The third-order valence-corrected chi connectivity index (χ3v) is 2.66. The number of rotatable bonds is 5. The SMILES string of the molecule is COc1cc(CCC=N)cn1-c1ccccc1. The Labute approximate surface area is 101 Å². The van der Waals surface area contributed by atoms with E-state index in [2.05, 4.69) is 6.20 Å². The molecule has 2 aromatic rings. The van der Waals surface area contributed by atoms with Gasteiger partial charge < -0.3 is 10.1 Å². The van der Waals surface area contributed by atoms with Gasteiger partial charge in [0, 0.05) is 18.0 Å². The highest BCUT2D eigenvalue weighted by Gasteiger charge is 2.07. The van der Waals surface area contributed by atoms with Gasteiger partial charge in [-0.1, -0.05) is 18.2 Å². The molecule has 3 nitrogen and oxygen atoms in total. The van der Waals surface area contributed by atoms with Gasteiger partial charge in [0.1, 0.15) is 0 Å². The van der Waals surface area contributed by atoms with Crippen LogP contribution < -0.4 is 4.74 Å². The van der Waals surface area contributed by atoms with Crippen LogP contribution >= 0.6 is 0 Å². The van der Waals surface area contributed by atoms with Crippen LogP contribution in [0, 0.1) is 5.41 Å². The van der Waals surface area contributed by atoms with E-state index in [4.69, 9.17) is 10.1 Å². The second kappa shape index (κ2) is 5.34. The molecule has 0 aliphatic heterocycles. The molecule has 17 heavy (non-hydrogen) atoms. The first-order chi connectivity index (χ1) is 8.35. The number of aromatic nitrogens is 1. The molecule has 1 N–H and O–H groups in total. The highest BCUT2D eigenvalue weighted by Crippen LogP contribution is 2.22. The summed E-state index contributed by atoms with van der Waals surface area (Å²) in [5, 5.41) is 7.06.